The van der Waals surface area contributed by atoms with Crippen LogP contribution in [0.2, 0.25) is 0 Å². The molecule has 33 heavy (non-hydrogen) atoms. The highest BCUT2D eigenvalue weighted by molar-refractivity contribution is 5.99. The lowest BCUT2D eigenvalue weighted by molar-refractivity contribution is 0.188. The van der Waals surface area contributed by atoms with Crippen LogP contribution in [0.4, 0.5) is 0 Å². The molecular formula is C27H34N4O2. The minimum atomic E-state index is 0.293. The Labute approximate surface area is 196 Å². The van der Waals surface area contributed by atoms with Gasteiger partial charge in [0.1, 0.15) is 24.0 Å². The highest BCUT2D eigenvalue weighted by Gasteiger charge is 2.16. The fourth-order valence-corrected chi connectivity index (χ4v) is 4.05. The summed E-state index contributed by atoms with van der Waals surface area (Å²) < 4.78 is 12.1. The third-order valence-corrected chi connectivity index (χ3v) is 5.94. The molecule has 4 N–H and O–H groups in total. The van der Waals surface area contributed by atoms with E-state index in [1.54, 1.807) is 0 Å². The van der Waals surface area contributed by atoms with E-state index in [0.29, 0.717) is 31.6 Å². The number of hydrogen-bond donors (Lipinski definition) is 3. The topological polar surface area (TPSA) is 80.9 Å². The summed E-state index contributed by atoms with van der Waals surface area (Å²) in [6.45, 7) is 8.47. The van der Waals surface area contributed by atoms with Crippen LogP contribution in [0.3, 0.4) is 0 Å². The van der Waals surface area contributed by atoms with Crippen molar-refractivity contribution in [1.29, 1.82) is 0 Å². The van der Waals surface area contributed by atoms with Crippen molar-refractivity contribution in [3.63, 3.8) is 0 Å². The summed E-state index contributed by atoms with van der Waals surface area (Å²) in [7, 11) is 0. The Morgan fingerprint density at radius 1 is 1.21 bits per heavy atom. The fourth-order valence-electron chi connectivity index (χ4n) is 4.05. The Balaban J connectivity index is 1.18. The van der Waals surface area contributed by atoms with Crippen molar-refractivity contribution in [3.8, 4) is 5.75 Å². The van der Waals surface area contributed by atoms with Crippen LogP contribution < -0.4 is 21.1 Å². The van der Waals surface area contributed by atoms with Gasteiger partial charge in [0.2, 0.25) is 0 Å². The van der Waals surface area contributed by atoms with Crippen molar-refractivity contribution in [2.45, 2.75) is 12.8 Å². The normalized spacial score (nSPS) is 21.5. The lowest BCUT2D eigenvalue weighted by atomic mass is 9.95. The first-order valence-corrected chi connectivity index (χ1v) is 11.7. The average molecular weight is 447 g/mol. The molecule has 1 aliphatic heterocycles. The number of nitrogens with zero attached hydrogens (tertiary/aromatic N) is 1. The highest BCUT2D eigenvalue weighted by atomic mass is 16.5. The van der Waals surface area contributed by atoms with E-state index in [-0.39, 0.29) is 0 Å². The Kier molecular flexibility index (Phi) is 8.04. The van der Waals surface area contributed by atoms with Crippen molar-refractivity contribution in [1.82, 2.24) is 10.6 Å². The molecule has 0 saturated heterocycles. The van der Waals surface area contributed by atoms with Gasteiger partial charge in [-0.1, -0.05) is 30.9 Å². The molecule has 6 heteroatoms. The second-order valence-corrected chi connectivity index (χ2v) is 8.50. The molecule has 0 radical (unpaired) electrons. The molecule has 1 aromatic carbocycles. The maximum Gasteiger partial charge on any atom is 0.128 e. The summed E-state index contributed by atoms with van der Waals surface area (Å²) in [5.74, 6) is 3.41. The number of hydrogen-bond acceptors (Lipinski definition) is 6. The van der Waals surface area contributed by atoms with Gasteiger partial charge in [-0.25, -0.2) is 0 Å². The number of allylic oxidation sites excluding steroid dienone is 5. The zero-order valence-electron chi connectivity index (χ0n) is 19.1. The van der Waals surface area contributed by atoms with Crippen molar-refractivity contribution in [2.24, 2.45) is 22.6 Å². The molecule has 0 bridgehead atoms. The molecule has 3 aliphatic rings. The third-order valence-electron chi connectivity index (χ3n) is 5.94. The zero-order valence-corrected chi connectivity index (χ0v) is 19.1. The smallest absolute Gasteiger partial charge is 0.128 e. The Morgan fingerprint density at radius 2 is 2.09 bits per heavy atom. The predicted octanol–water partition coefficient (Wildman–Crippen LogP) is 3.46. The molecule has 1 heterocycles. The average Bonchev–Trinajstić information content (AvgIpc) is 3.41. The number of benzene rings is 1. The van der Waals surface area contributed by atoms with E-state index in [9.17, 15) is 0 Å². The molecule has 4 rings (SSSR count). The van der Waals surface area contributed by atoms with Crippen LogP contribution in [-0.2, 0) is 4.74 Å². The van der Waals surface area contributed by atoms with Crippen LogP contribution in [0.5, 0.6) is 5.75 Å². The predicted molar refractivity (Wildman–Crippen MR) is 134 cm³/mol. The Hall–Kier alpha value is -3.25. The van der Waals surface area contributed by atoms with Gasteiger partial charge in [-0.15, -0.1) is 0 Å². The number of ether oxygens (including phenoxy) is 2. The van der Waals surface area contributed by atoms with E-state index in [1.165, 1.54) is 5.57 Å². The summed E-state index contributed by atoms with van der Waals surface area (Å²) in [6, 6.07) is 8.12. The first-order valence-electron chi connectivity index (χ1n) is 11.7. The quantitative estimate of drug-likeness (QED) is 0.485. The number of rotatable bonds is 11. The molecule has 2 aliphatic carbocycles. The number of aliphatic imine (C=N–C) groups is 1. The molecule has 0 aromatic heterocycles. The van der Waals surface area contributed by atoms with E-state index in [1.807, 2.05) is 18.2 Å². The number of nitrogens with two attached hydrogens (primary N) is 1. The maximum atomic E-state index is 6.07. The van der Waals surface area contributed by atoms with Crippen molar-refractivity contribution < 1.29 is 9.47 Å². The molecular weight excluding hydrogens is 412 g/mol. The monoisotopic (exact) mass is 446 g/mol. The SMILES string of the molecule is C=C(NCCN)C1C=CC(OCC2C=CC=C(COc3ccc(C4=NCCN4)cc3)C2)=CC1. The molecule has 0 amide bonds. The van der Waals surface area contributed by atoms with Gasteiger partial charge in [0.25, 0.3) is 0 Å². The van der Waals surface area contributed by atoms with Crippen LogP contribution >= 0.6 is 0 Å². The van der Waals surface area contributed by atoms with Crippen LogP contribution in [-0.4, -0.2) is 45.2 Å². The minimum absolute atomic E-state index is 0.293. The highest BCUT2D eigenvalue weighted by Crippen LogP contribution is 2.25. The van der Waals surface area contributed by atoms with Gasteiger partial charge in [-0.3, -0.25) is 4.99 Å². The van der Waals surface area contributed by atoms with Gasteiger partial charge < -0.3 is 25.8 Å². The second-order valence-electron chi connectivity index (χ2n) is 8.50. The number of amidine groups is 1. The first kappa shape index (κ1) is 22.9. The molecule has 2 atom stereocenters. The van der Waals surface area contributed by atoms with E-state index in [2.05, 4.69) is 64.7 Å². The van der Waals surface area contributed by atoms with Gasteiger partial charge in [0.15, 0.2) is 0 Å². The van der Waals surface area contributed by atoms with E-state index in [4.69, 9.17) is 15.2 Å². The lowest BCUT2D eigenvalue weighted by Crippen LogP contribution is -2.25. The molecule has 1 aromatic rings. The minimum Gasteiger partial charge on any atom is -0.493 e. The van der Waals surface area contributed by atoms with Crippen LogP contribution in [0, 0.1) is 11.8 Å². The summed E-state index contributed by atoms with van der Waals surface area (Å²) in [6.07, 6.45) is 14.6. The van der Waals surface area contributed by atoms with E-state index in [0.717, 1.165) is 61.1 Å². The molecule has 6 nitrogen and oxygen atoms in total. The molecule has 174 valence electrons. The first-order chi connectivity index (χ1) is 16.2. The zero-order chi connectivity index (χ0) is 22.9. The summed E-state index contributed by atoms with van der Waals surface area (Å²) in [4.78, 5) is 4.45. The summed E-state index contributed by atoms with van der Waals surface area (Å²) in [5, 5.41) is 6.56. The summed E-state index contributed by atoms with van der Waals surface area (Å²) in [5.41, 5.74) is 8.93. The van der Waals surface area contributed by atoms with Crippen molar-refractivity contribution in [3.05, 3.63) is 89.9 Å². The Morgan fingerprint density at radius 3 is 2.82 bits per heavy atom. The maximum absolute atomic E-state index is 6.07. The van der Waals surface area contributed by atoms with E-state index >= 15 is 0 Å². The standard InChI is InChI=1S/C27H34N4O2/c1-20(29-14-13-28)23-5-9-25(10-6-23)32-18-21-3-2-4-22(17-21)19-33-26-11-7-24(8-12-26)27-30-15-16-31-27/h2-5,7-12,21,23,29H,1,6,13-19,28H2,(H,30,31). The molecule has 2 unspecified atom stereocenters. The lowest BCUT2D eigenvalue weighted by Gasteiger charge is -2.22. The van der Waals surface area contributed by atoms with Crippen molar-refractivity contribution in [2.75, 3.05) is 39.4 Å². The van der Waals surface area contributed by atoms with Crippen LogP contribution in [0.1, 0.15) is 18.4 Å². The van der Waals surface area contributed by atoms with Gasteiger partial charge in [0, 0.05) is 42.7 Å². The van der Waals surface area contributed by atoms with Crippen molar-refractivity contribution >= 4 is 5.84 Å². The van der Waals surface area contributed by atoms with Gasteiger partial charge in [-0.2, -0.15) is 0 Å². The summed E-state index contributed by atoms with van der Waals surface area (Å²) >= 11 is 0. The fraction of sp³-hybridized carbons (Fsp3) is 0.370. The number of nitrogens with one attached hydrogen (secondary N) is 2. The van der Waals surface area contributed by atoms with Gasteiger partial charge in [-0.05, 0) is 54.8 Å². The Bertz CT molecular complexity index is 972. The third kappa shape index (κ3) is 6.62. The van der Waals surface area contributed by atoms with Gasteiger partial charge in [0.05, 0.1) is 13.2 Å². The molecule has 0 fully saturated rings. The van der Waals surface area contributed by atoms with Gasteiger partial charge >= 0.3 is 0 Å². The van der Waals surface area contributed by atoms with Crippen LogP contribution in [0.25, 0.3) is 0 Å². The molecule has 0 saturated carbocycles. The van der Waals surface area contributed by atoms with E-state index < -0.39 is 0 Å². The van der Waals surface area contributed by atoms with Crippen LogP contribution in [0.15, 0.2) is 89.3 Å². The largest absolute Gasteiger partial charge is 0.493 e. The second kappa shape index (κ2) is 11.6. The molecule has 0 spiro atoms.